The Balaban J connectivity index is 2.07. The van der Waals surface area contributed by atoms with Crippen molar-refractivity contribution in [1.29, 1.82) is 0 Å². The number of carbonyl (C=O) groups is 1. The number of hydrogen-bond donors (Lipinski definition) is 0. The lowest BCUT2D eigenvalue weighted by Gasteiger charge is -2.39. The van der Waals surface area contributed by atoms with Gasteiger partial charge in [-0.3, -0.25) is 9.69 Å². The number of esters is 1. The fraction of sp³-hybridized carbons (Fsp3) is 0.269. The number of methoxy groups -OCH3 is 1. The number of rotatable bonds is 8. The van der Waals surface area contributed by atoms with Crippen LogP contribution in [0.2, 0.25) is 0 Å². The van der Waals surface area contributed by atoms with Crippen LogP contribution in [-0.2, 0) is 16.1 Å². The first-order valence-electron chi connectivity index (χ1n) is 10.1. The lowest BCUT2D eigenvalue weighted by molar-refractivity contribution is -0.148. The molecule has 3 nitrogen and oxygen atoms in total. The molecule has 0 aromatic heterocycles. The molecule has 0 aliphatic rings. The normalized spacial score (nSPS) is 14.2. The van der Waals surface area contributed by atoms with Crippen LogP contribution in [0.25, 0.3) is 0 Å². The highest BCUT2D eigenvalue weighted by molar-refractivity contribution is 5.73. The van der Waals surface area contributed by atoms with Gasteiger partial charge < -0.3 is 4.74 Å². The minimum Gasteiger partial charge on any atom is -0.469 e. The highest BCUT2D eigenvalue weighted by atomic mass is 16.5. The smallest absolute Gasteiger partial charge is 0.310 e. The second-order valence-electron chi connectivity index (χ2n) is 7.41. The molecule has 1 unspecified atom stereocenters. The van der Waals surface area contributed by atoms with E-state index in [0.717, 1.165) is 12.1 Å². The Morgan fingerprint density at radius 3 is 1.79 bits per heavy atom. The monoisotopic (exact) mass is 387 g/mol. The van der Waals surface area contributed by atoms with Crippen LogP contribution in [0.4, 0.5) is 0 Å². The molecule has 0 saturated carbocycles. The maximum absolute atomic E-state index is 12.6. The third-order valence-electron chi connectivity index (χ3n) is 5.53. The van der Waals surface area contributed by atoms with E-state index in [9.17, 15) is 4.79 Å². The first-order valence-corrected chi connectivity index (χ1v) is 10.1. The Labute approximate surface area is 174 Å². The molecule has 0 radical (unpaired) electrons. The van der Waals surface area contributed by atoms with Gasteiger partial charge in [0, 0.05) is 18.6 Å². The van der Waals surface area contributed by atoms with Crippen molar-refractivity contribution in [2.45, 2.75) is 32.5 Å². The molecule has 0 N–H and O–H groups in total. The molecule has 0 saturated heterocycles. The van der Waals surface area contributed by atoms with E-state index in [-0.39, 0.29) is 24.0 Å². The lowest BCUT2D eigenvalue weighted by Crippen LogP contribution is -2.37. The molecule has 0 aliphatic carbocycles. The molecule has 0 spiro atoms. The Morgan fingerprint density at radius 1 is 0.793 bits per heavy atom. The van der Waals surface area contributed by atoms with Crippen LogP contribution >= 0.6 is 0 Å². The predicted molar refractivity (Wildman–Crippen MR) is 117 cm³/mol. The second-order valence-corrected chi connectivity index (χ2v) is 7.41. The van der Waals surface area contributed by atoms with Gasteiger partial charge in [-0.2, -0.15) is 0 Å². The minimum absolute atomic E-state index is 0.112. The van der Waals surface area contributed by atoms with Crippen LogP contribution < -0.4 is 0 Å². The molecular weight excluding hydrogens is 358 g/mol. The summed E-state index contributed by atoms with van der Waals surface area (Å²) >= 11 is 0. The number of ether oxygens (including phenoxy) is 1. The Kier molecular flexibility index (Phi) is 7.20. The predicted octanol–water partition coefficient (Wildman–Crippen LogP) is 5.80. The van der Waals surface area contributed by atoms with E-state index in [4.69, 9.17) is 4.74 Å². The van der Waals surface area contributed by atoms with Crippen molar-refractivity contribution in [3.63, 3.8) is 0 Å². The number of benzene rings is 3. The van der Waals surface area contributed by atoms with Crippen LogP contribution in [-0.4, -0.2) is 18.0 Å². The molecule has 0 bridgehead atoms. The van der Waals surface area contributed by atoms with Gasteiger partial charge in [-0.1, -0.05) is 97.9 Å². The van der Waals surface area contributed by atoms with Gasteiger partial charge in [0.25, 0.3) is 0 Å². The summed E-state index contributed by atoms with van der Waals surface area (Å²) in [6.07, 6.45) is 0. The van der Waals surface area contributed by atoms with E-state index >= 15 is 0 Å². The van der Waals surface area contributed by atoms with E-state index in [2.05, 4.69) is 72.5 Å². The molecule has 3 rings (SSSR count). The summed E-state index contributed by atoms with van der Waals surface area (Å²) in [5.74, 6) is -0.505. The number of carbonyl (C=O) groups excluding carboxylic acids is 1. The topological polar surface area (TPSA) is 29.5 Å². The molecule has 3 aromatic rings. The molecule has 3 atom stereocenters. The summed E-state index contributed by atoms with van der Waals surface area (Å²) in [6, 6.07) is 31.1. The van der Waals surface area contributed by atoms with Crippen molar-refractivity contribution in [2.24, 2.45) is 5.92 Å². The maximum Gasteiger partial charge on any atom is 0.310 e. The fourth-order valence-electron chi connectivity index (χ4n) is 3.93. The van der Waals surface area contributed by atoms with E-state index in [1.165, 1.54) is 18.2 Å². The highest BCUT2D eigenvalue weighted by Crippen LogP contribution is 2.37. The maximum atomic E-state index is 12.6. The summed E-state index contributed by atoms with van der Waals surface area (Å²) in [6.45, 7) is 4.90. The lowest BCUT2D eigenvalue weighted by atomic mass is 9.90. The molecule has 3 heteroatoms. The van der Waals surface area contributed by atoms with E-state index < -0.39 is 0 Å². The molecule has 0 fully saturated rings. The average Bonchev–Trinajstić information content (AvgIpc) is 2.79. The van der Waals surface area contributed by atoms with Crippen molar-refractivity contribution in [2.75, 3.05) is 7.11 Å². The van der Waals surface area contributed by atoms with Gasteiger partial charge in [0.15, 0.2) is 0 Å². The zero-order chi connectivity index (χ0) is 20.6. The van der Waals surface area contributed by atoms with Gasteiger partial charge in [-0.25, -0.2) is 0 Å². The summed E-state index contributed by atoms with van der Waals surface area (Å²) in [7, 11) is 1.46. The van der Waals surface area contributed by atoms with Crippen molar-refractivity contribution < 1.29 is 9.53 Å². The zero-order valence-corrected chi connectivity index (χ0v) is 17.4. The minimum atomic E-state index is -0.308. The summed E-state index contributed by atoms with van der Waals surface area (Å²) in [5, 5.41) is 0. The summed E-state index contributed by atoms with van der Waals surface area (Å²) in [4.78, 5) is 15.0. The zero-order valence-electron chi connectivity index (χ0n) is 17.4. The molecule has 0 aliphatic heterocycles. The van der Waals surface area contributed by atoms with E-state index in [0.29, 0.717) is 0 Å². The summed E-state index contributed by atoms with van der Waals surface area (Å²) < 4.78 is 5.13. The van der Waals surface area contributed by atoms with Crippen molar-refractivity contribution >= 4 is 5.97 Å². The van der Waals surface area contributed by atoms with Gasteiger partial charge in [0.1, 0.15) is 0 Å². The molecule has 0 amide bonds. The third-order valence-corrected chi connectivity index (χ3v) is 5.53. The quantitative estimate of drug-likeness (QED) is 0.458. The SMILES string of the molecule is COC(=O)[C@H](C)[C@@H](c1ccccc1)N(Cc1ccccc1)C(C)c1ccccc1. The first-order chi connectivity index (χ1) is 14.1. The van der Waals surface area contributed by atoms with Crippen molar-refractivity contribution in [1.82, 2.24) is 4.90 Å². The molecule has 150 valence electrons. The standard InChI is InChI=1S/C26H29NO2/c1-20(26(28)29-3)25(24-17-11-6-12-18-24)27(19-22-13-7-4-8-14-22)21(2)23-15-9-5-10-16-23/h4-18,20-21,25H,19H2,1-3H3/t20-,21?,25+/m1/s1. The molecule has 3 aromatic carbocycles. The van der Waals surface area contributed by atoms with Crippen LogP contribution in [0.3, 0.4) is 0 Å². The van der Waals surface area contributed by atoms with Gasteiger partial charge in [0.05, 0.1) is 13.0 Å². The molecule has 0 heterocycles. The van der Waals surface area contributed by atoms with Crippen LogP contribution in [0.1, 0.15) is 42.6 Å². The second kappa shape index (κ2) is 10.0. The van der Waals surface area contributed by atoms with Gasteiger partial charge >= 0.3 is 5.97 Å². The Hall–Kier alpha value is -2.91. The van der Waals surface area contributed by atoms with Gasteiger partial charge in [0.2, 0.25) is 0 Å². The largest absolute Gasteiger partial charge is 0.469 e. The highest BCUT2D eigenvalue weighted by Gasteiger charge is 2.34. The first kappa shape index (κ1) is 20.8. The van der Waals surface area contributed by atoms with E-state index in [1.54, 1.807) is 0 Å². The van der Waals surface area contributed by atoms with E-state index in [1.807, 2.05) is 37.3 Å². The Morgan fingerprint density at radius 2 is 1.28 bits per heavy atom. The van der Waals surface area contributed by atoms with Gasteiger partial charge in [-0.15, -0.1) is 0 Å². The van der Waals surface area contributed by atoms with Crippen LogP contribution in [0, 0.1) is 5.92 Å². The number of nitrogens with zero attached hydrogens (tertiary/aromatic N) is 1. The molecular formula is C26H29NO2. The van der Waals surface area contributed by atoms with Gasteiger partial charge in [-0.05, 0) is 23.6 Å². The van der Waals surface area contributed by atoms with Crippen LogP contribution in [0.15, 0.2) is 91.0 Å². The van der Waals surface area contributed by atoms with Crippen molar-refractivity contribution in [3.05, 3.63) is 108 Å². The molecule has 29 heavy (non-hydrogen) atoms. The van der Waals surface area contributed by atoms with Crippen molar-refractivity contribution in [3.8, 4) is 0 Å². The Bertz CT molecular complexity index is 880. The fourth-order valence-corrected chi connectivity index (χ4v) is 3.93. The number of hydrogen-bond acceptors (Lipinski definition) is 3. The summed E-state index contributed by atoms with van der Waals surface area (Å²) in [5.41, 5.74) is 3.55. The average molecular weight is 388 g/mol. The van der Waals surface area contributed by atoms with Crippen LogP contribution in [0.5, 0.6) is 0 Å². The third kappa shape index (κ3) is 5.12.